The van der Waals surface area contributed by atoms with Gasteiger partial charge in [0.1, 0.15) is 49.3 Å². The summed E-state index contributed by atoms with van der Waals surface area (Å²) < 4.78 is 37.2. The molecule has 0 radical (unpaired) electrons. The van der Waals surface area contributed by atoms with E-state index < -0.39 is 114 Å². The van der Waals surface area contributed by atoms with Gasteiger partial charge in [-0.1, -0.05) is 34.6 Å². The summed E-state index contributed by atoms with van der Waals surface area (Å²) in [6.45, 7) is 17.2. The van der Waals surface area contributed by atoms with Crippen molar-refractivity contribution in [3.05, 3.63) is 0 Å². The van der Waals surface area contributed by atoms with E-state index >= 15 is 0 Å². The van der Waals surface area contributed by atoms with Crippen molar-refractivity contribution in [2.24, 2.45) is 45.3 Å². The summed E-state index contributed by atoms with van der Waals surface area (Å²) in [5.74, 6) is -0.933. The van der Waals surface area contributed by atoms with Crippen LogP contribution in [0.5, 0.6) is 0 Å². The quantitative estimate of drug-likeness (QED) is 0.128. The molecule has 15 heteroatoms. The van der Waals surface area contributed by atoms with Crippen LogP contribution >= 0.6 is 0 Å². The van der Waals surface area contributed by atoms with Crippen LogP contribution in [0.1, 0.15) is 114 Å². The van der Waals surface area contributed by atoms with Crippen LogP contribution in [-0.2, 0) is 33.2 Å². The van der Waals surface area contributed by atoms with Gasteiger partial charge in [-0.3, -0.25) is 4.79 Å². The normalized spacial score (nSPS) is 54.3. The lowest BCUT2D eigenvalue weighted by molar-refractivity contribution is -0.377. The molecule has 0 spiro atoms. The lowest BCUT2D eigenvalue weighted by atomic mass is 9.34. The first-order valence-electron chi connectivity index (χ1n) is 21.7. The number of carbonyl (C=O) groups excluding carboxylic acids is 1. The van der Waals surface area contributed by atoms with E-state index in [-0.39, 0.29) is 41.8 Å². The predicted molar refractivity (Wildman–Crippen MR) is 205 cm³/mol. The zero-order chi connectivity index (χ0) is 42.7. The maximum atomic E-state index is 12.4. The van der Waals surface area contributed by atoms with Crippen LogP contribution in [0.15, 0.2) is 0 Å². The molecule has 15 nitrogen and oxygen atoms in total. The van der Waals surface area contributed by atoms with E-state index in [1.165, 1.54) is 6.92 Å². The molecular formula is C43H72O15. The Labute approximate surface area is 342 Å². The van der Waals surface area contributed by atoms with Gasteiger partial charge < -0.3 is 69.3 Å². The van der Waals surface area contributed by atoms with E-state index in [1.807, 2.05) is 13.8 Å². The molecule has 21 atom stereocenters. The van der Waals surface area contributed by atoms with E-state index in [9.17, 15) is 45.6 Å². The largest absolute Gasteiger partial charge is 0.463 e. The maximum absolute atomic E-state index is 12.4. The number of aliphatic hydroxyl groups is 8. The fourth-order valence-corrected chi connectivity index (χ4v) is 14.1. The molecule has 3 saturated heterocycles. The Morgan fingerprint density at radius 3 is 2.12 bits per heavy atom. The Kier molecular flexibility index (Phi) is 11.9. The topological polar surface area (TPSA) is 234 Å². The summed E-state index contributed by atoms with van der Waals surface area (Å²) in [5.41, 5.74) is -3.47. The van der Waals surface area contributed by atoms with Gasteiger partial charge in [0, 0.05) is 6.92 Å². The molecule has 0 amide bonds. The molecule has 7 rings (SSSR count). The first kappa shape index (κ1) is 45.0. The zero-order valence-electron chi connectivity index (χ0n) is 35.8. The summed E-state index contributed by atoms with van der Waals surface area (Å²) in [7, 11) is 0. The van der Waals surface area contributed by atoms with Crippen molar-refractivity contribution < 1.29 is 74.1 Å². The Bertz CT molecular complexity index is 1510. The van der Waals surface area contributed by atoms with Gasteiger partial charge in [0.15, 0.2) is 12.6 Å². The second kappa shape index (κ2) is 15.3. The summed E-state index contributed by atoms with van der Waals surface area (Å²) in [5, 5.41) is 89.4. The van der Waals surface area contributed by atoms with Gasteiger partial charge in [-0.2, -0.15) is 0 Å². The van der Waals surface area contributed by atoms with Gasteiger partial charge in [-0.25, -0.2) is 0 Å². The van der Waals surface area contributed by atoms with E-state index in [4.69, 9.17) is 28.4 Å². The van der Waals surface area contributed by atoms with Crippen LogP contribution in [0, 0.1) is 45.3 Å². The lowest BCUT2D eigenvalue weighted by Gasteiger charge is -2.72. The molecule has 7 fully saturated rings. The predicted octanol–water partition coefficient (Wildman–Crippen LogP) is 1.54. The summed E-state index contributed by atoms with van der Waals surface area (Å²) in [6, 6.07) is 0. The second-order valence-electron chi connectivity index (χ2n) is 21.4. The molecule has 3 aliphatic heterocycles. The molecule has 0 aromatic rings. The van der Waals surface area contributed by atoms with E-state index in [2.05, 4.69) is 27.7 Å². The minimum atomic E-state index is -1.71. The fourth-order valence-electron chi connectivity index (χ4n) is 14.1. The number of carbonyl (C=O) groups is 1. The van der Waals surface area contributed by atoms with Crippen LogP contribution in [0.2, 0.25) is 0 Å². The Balaban J connectivity index is 1.26. The van der Waals surface area contributed by atoms with Crippen molar-refractivity contribution >= 4 is 5.97 Å². The first-order valence-corrected chi connectivity index (χ1v) is 21.7. The van der Waals surface area contributed by atoms with Crippen LogP contribution < -0.4 is 0 Å². The number of hydrogen-bond acceptors (Lipinski definition) is 15. The first-order chi connectivity index (χ1) is 26.8. The molecule has 0 aromatic carbocycles. The minimum Gasteiger partial charge on any atom is -0.463 e. The fraction of sp³-hybridized carbons (Fsp3) is 0.977. The second-order valence-corrected chi connectivity index (χ2v) is 21.4. The average molecular weight is 829 g/mol. The molecule has 4 aliphatic carbocycles. The third kappa shape index (κ3) is 7.11. The van der Waals surface area contributed by atoms with Gasteiger partial charge in [0.25, 0.3) is 0 Å². The highest BCUT2D eigenvalue weighted by molar-refractivity contribution is 5.65. The van der Waals surface area contributed by atoms with Crippen LogP contribution in [0.4, 0.5) is 0 Å². The van der Waals surface area contributed by atoms with E-state index in [0.717, 1.165) is 25.7 Å². The minimum absolute atomic E-state index is 0.0372. The van der Waals surface area contributed by atoms with Gasteiger partial charge in [0.2, 0.25) is 0 Å². The molecular weight excluding hydrogens is 756 g/mol. The van der Waals surface area contributed by atoms with Crippen molar-refractivity contribution in [2.45, 2.75) is 205 Å². The Morgan fingerprint density at radius 1 is 0.793 bits per heavy atom. The molecule has 4 saturated carbocycles. The van der Waals surface area contributed by atoms with Crippen molar-refractivity contribution in [1.82, 2.24) is 0 Å². The van der Waals surface area contributed by atoms with Crippen LogP contribution in [0.25, 0.3) is 0 Å². The van der Waals surface area contributed by atoms with Gasteiger partial charge >= 0.3 is 5.97 Å². The number of fused-ring (bicyclic) bond motifs is 5. The summed E-state index contributed by atoms with van der Waals surface area (Å²) in [6.07, 6.45) is -10.3. The lowest BCUT2D eigenvalue weighted by Crippen LogP contribution is -2.71. The Morgan fingerprint density at radius 2 is 1.48 bits per heavy atom. The average Bonchev–Trinajstić information content (AvgIpc) is 3.73. The highest BCUT2D eigenvalue weighted by atomic mass is 16.8. The van der Waals surface area contributed by atoms with Gasteiger partial charge in [0.05, 0.1) is 42.2 Å². The number of esters is 1. The van der Waals surface area contributed by atoms with Gasteiger partial charge in [-0.05, 0) is 117 Å². The number of ether oxygens (including phenoxy) is 6. The summed E-state index contributed by atoms with van der Waals surface area (Å²) in [4.78, 5) is 11.9. The molecule has 3 heterocycles. The van der Waals surface area contributed by atoms with Crippen LogP contribution in [0.3, 0.4) is 0 Å². The van der Waals surface area contributed by atoms with Gasteiger partial charge in [-0.15, -0.1) is 0 Å². The van der Waals surface area contributed by atoms with Crippen LogP contribution in [-0.4, -0.2) is 151 Å². The third-order valence-electron chi connectivity index (χ3n) is 17.3. The maximum Gasteiger partial charge on any atom is 0.302 e. The smallest absolute Gasteiger partial charge is 0.302 e. The van der Waals surface area contributed by atoms with Crippen molar-refractivity contribution in [3.63, 3.8) is 0 Å². The molecule has 0 aromatic heterocycles. The van der Waals surface area contributed by atoms with Crippen molar-refractivity contribution in [3.8, 4) is 0 Å². The molecule has 1 unspecified atom stereocenters. The van der Waals surface area contributed by atoms with Crippen molar-refractivity contribution in [2.75, 3.05) is 13.2 Å². The Hall–Kier alpha value is -1.05. The van der Waals surface area contributed by atoms with E-state index in [0.29, 0.717) is 25.7 Å². The molecule has 334 valence electrons. The third-order valence-corrected chi connectivity index (χ3v) is 17.3. The highest BCUT2D eigenvalue weighted by Crippen LogP contribution is 2.76. The molecule has 0 bridgehead atoms. The molecule has 7 aliphatic rings. The molecule has 58 heavy (non-hydrogen) atoms. The summed E-state index contributed by atoms with van der Waals surface area (Å²) >= 11 is 0. The molecule has 8 N–H and O–H groups in total. The number of rotatable bonds is 8. The van der Waals surface area contributed by atoms with E-state index in [1.54, 1.807) is 13.8 Å². The SMILES string of the molecule is CC(=O)OC[C@H]1O[C@@H](O[C@H]2C[C@]3(C)[C@H](C[C@@H](O)[C@@H]4C([C@]5(C)CC[C@@H](C(C)(C)O)O5)CC[C@]43C)[C@@]3(C)CC[C@H](O)C(C)(C)[C@H]23)[C@H](O[C@@H]2OC[C@@H](O)[C@H](O)[C@H]2O)[C@@H](O)[C@@H]1O. The standard InChI is InChI=1S/C43H72O15/c1-20(44)53-19-25-31(49)32(50)34(57-36-33(51)30(48)23(46)18-54-36)37(56-25)55-24-17-42(8)26(40(6)13-11-27(47)38(2,3)35(24)40)16-22(45)29-21(10-14-41(29,42)7)43(9)15-12-28(58-43)39(4,5)52/h21-37,45-52H,10-19H2,1-9H3/t21?,22-,23-,24+,25-,26-,27+,28+,29+,30+,31-,32+,33-,34-,35+,36+,37-,40-,41-,42-,43+/m1/s1. The number of hydrogen-bond donors (Lipinski definition) is 8. The van der Waals surface area contributed by atoms with Crippen molar-refractivity contribution in [1.29, 1.82) is 0 Å². The number of aliphatic hydroxyl groups excluding tert-OH is 7. The zero-order valence-corrected chi connectivity index (χ0v) is 35.8. The highest BCUT2D eigenvalue weighted by Gasteiger charge is 2.74. The monoisotopic (exact) mass is 828 g/mol.